The molecule has 9 heteroatoms. The number of nitrogens with zero attached hydrogens (tertiary/aromatic N) is 1. The Morgan fingerprint density at radius 3 is 2.89 bits per heavy atom. The molecule has 3 N–H and O–H groups in total. The lowest BCUT2D eigenvalue weighted by Gasteiger charge is -2.38. The minimum absolute atomic E-state index is 0.0337. The monoisotopic (exact) mass is 526 g/mol. The number of hydrogen-bond donors (Lipinski definition) is 3. The summed E-state index contributed by atoms with van der Waals surface area (Å²) in [6.07, 6.45) is 5.33. The number of nitrogens with one attached hydrogen (secondary N) is 1. The van der Waals surface area contributed by atoms with Gasteiger partial charge >= 0.3 is 0 Å². The fraction of sp³-hybridized carbons (Fsp3) is 0.379. The summed E-state index contributed by atoms with van der Waals surface area (Å²) in [6, 6.07) is 10.5. The van der Waals surface area contributed by atoms with Gasteiger partial charge in [0.15, 0.2) is 0 Å². The molecule has 0 spiro atoms. The Kier molecular flexibility index (Phi) is 9.38. The van der Waals surface area contributed by atoms with Crippen molar-refractivity contribution in [2.45, 2.75) is 56.5 Å². The third-order valence-electron chi connectivity index (χ3n) is 6.79. The van der Waals surface area contributed by atoms with Crippen LogP contribution in [0.25, 0.3) is 17.0 Å². The van der Waals surface area contributed by atoms with E-state index in [9.17, 15) is 23.8 Å². The molecular weight excluding hydrogens is 494 g/mol. The van der Waals surface area contributed by atoms with Crippen molar-refractivity contribution in [2.75, 3.05) is 13.7 Å². The molecule has 1 aromatic heterocycles. The maximum atomic E-state index is 13.9. The zero-order valence-electron chi connectivity index (χ0n) is 21.1. The van der Waals surface area contributed by atoms with Crippen LogP contribution in [0.4, 0.5) is 8.78 Å². The summed E-state index contributed by atoms with van der Waals surface area (Å²) < 4.78 is 38.9. The molecule has 1 amide bonds. The average molecular weight is 527 g/mol. The van der Waals surface area contributed by atoms with Gasteiger partial charge in [0.1, 0.15) is 17.4 Å². The third kappa shape index (κ3) is 7.12. The van der Waals surface area contributed by atoms with E-state index in [1.54, 1.807) is 13.3 Å². The van der Waals surface area contributed by atoms with Gasteiger partial charge in [-0.2, -0.15) is 0 Å². The van der Waals surface area contributed by atoms with Crippen LogP contribution in [0, 0.1) is 11.6 Å². The molecule has 7 nitrogen and oxygen atoms in total. The second-order valence-electron chi connectivity index (χ2n) is 9.46. The van der Waals surface area contributed by atoms with Gasteiger partial charge in [-0.15, -0.1) is 0 Å². The summed E-state index contributed by atoms with van der Waals surface area (Å²) in [5.74, 6) is -1.04. The number of fused-ring (bicyclic) bond motifs is 1. The number of carbonyl (C=O) groups is 1. The van der Waals surface area contributed by atoms with Crippen molar-refractivity contribution in [3.63, 3.8) is 0 Å². The summed E-state index contributed by atoms with van der Waals surface area (Å²) in [5.41, 5.74) is 1.97. The lowest BCUT2D eigenvalue weighted by atomic mass is 9.91. The van der Waals surface area contributed by atoms with Crippen molar-refractivity contribution >= 4 is 22.9 Å². The Balaban J connectivity index is 1.40. The van der Waals surface area contributed by atoms with Crippen LogP contribution in [0.2, 0.25) is 0 Å². The van der Waals surface area contributed by atoms with Crippen LogP contribution >= 0.6 is 0 Å². The summed E-state index contributed by atoms with van der Waals surface area (Å²) in [5, 5.41) is 23.3. The molecule has 1 fully saturated rings. The summed E-state index contributed by atoms with van der Waals surface area (Å²) in [7, 11) is 1.60. The molecule has 4 rings (SSSR count). The number of aliphatic hydroxyl groups is 2. The number of halogens is 2. The van der Waals surface area contributed by atoms with E-state index in [1.165, 1.54) is 6.08 Å². The van der Waals surface area contributed by atoms with Gasteiger partial charge in [-0.3, -0.25) is 9.78 Å². The fourth-order valence-electron chi connectivity index (χ4n) is 4.78. The predicted molar refractivity (Wildman–Crippen MR) is 140 cm³/mol. The van der Waals surface area contributed by atoms with Crippen molar-refractivity contribution in [3.05, 3.63) is 77.5 Å². The molecule has 1 unspecified atom stereocenters. The minimum Gasteiger partial charge on any atom is -0.495 e. The standard InChI is InChI=1S/C29H32F2N2O5/c1-37-23-15-24-18(3-2-4-26(24)32-16-23)5-8-22-9-11-27(28(38-22)14-21(35)17-34)33-29(36)12-6-19-13-20(30)7-10-25(19)31/h2-4,6-7,10,12-13,15-16,21-22,27-28,34-35H,5,8-9,11,14,17H2,1H3,(H,33,36)/b12-6+/t21?,22-,27-,28-/m1/s1. The first-order chi connectivity index (χ1) is 18.4. The van der Waals surface area contributed by atoms with Gasteiger partial charge in [-0.05, 0) is 67.7 Å². The molecule has 0 aliphatic carbocycles. The van der Waals surface area contributed by atoms with Gasteiger partial charge in [-0.25, -0.2) is 8.78 Å². The smallest absolute Gasteiger partial charge is 0.244 e. The molecule has 4 atom stereocenters. The number of aliphatic hydroxyl groups excluding tert-OH is 2. The Morgan fingerprint density at radius 2 is 2.11 bits per heavy atom. The molecule has 0 bridgehead atoms. The predicted octanol–water partition coefficient (Wildman–Crippen LogP) is 3.94. The van der Waals surface area contributed by atoms with E-state index in [4.69, 9.17) is 9.47 Å². The van der Waals surface area contributed by atoms with E-state index in [-0.39, 0.29) is 18.1 Å². The zero-order chi connectivity index (χ0) is 27.1. The number of aromatic nitrogens is 1. The number of carbonyl (C=O) groups excluding carboxylic acids is 1. The van der Waals surface area contributed by atoms with Crippen LogP contribution in [0.3, 0.4) is 0 Å². The second-order valence-corrected chi connectivity index (χ2v) is 9.46. The Labute approximate surface area is 220 Å². The SMILES string of the molecule is COc1cnc2cccc(CC[C@@H]3CC[C@@H](NC(=O)/C=C/c4cc(F)ccc4F)[C@@H](CC(O)CO)O3)c2c1. The van der Waals surface area contributed by atoms with Crippen molar-refractivity contribution in [1.82, 2.24) is 10.3 Å². The molecule has 0 saturated carbocycles. The largest absolute Gasteiger partial charge is 0.495 e. The van der Waals surface area contributed by atoms with E-state index in [2.05, 4.69) is 16.4 Å². The first kappa shape index (κ1) is 27.6. The number of rotatable bonds is 10. The van der Waals surface area contributed by atoms with E-state index < -0.39 is 42.4 Å². The maximum Gasteiger partial charge on any atom is 0.244 e. The number of amides is 1. The number of ether oxygens (including phenoxy) is 2. The molecule has 1 saturated heterocycles. The molecule has 38 heavy (non-hydrogen) atoms. The fourth-order valence-corrected chi connectivity index (χ4v) is 4.78. The van der Waals surface area contributed by atoms with Gasteiger partial charge in [-0.1, -0.05) is 12.1 Å². The highest BCUT2D eigenvalue weighted by Crippen LogP contribution is 2.28. The van der Waals surface area contributed by atoms with E-state index in [0.29, 0.717) is 18.6 Å². The number of benzene rings is 2. The van der Waals surface area contributed by atoms with Crippen molar-refractivity contribution in [1.29, 1.82) is 0 Å². The molecule has 0 radical (unpaired) electrons. The van der Waals surface area contributed by atoms with Crippen molar-refractivity contribution in [2.24, 2.45) is 0 Å². The highest BCUT2D eigenvalue weighted by atomic mass is 19.1. The van der Waals surface area contributed by atoms with Gasteiger partial charge < -0.3 is 25.0 Å². The first-order valence-electron chi connectivity index (χ1n) is 12.7. The third-order valence-corrected chi connectivity index (χ3v) is 6.79. The Bertz CT molecular complexity index is 1290. The lowest BCUT2D eigenvalue weighted by Crippen LogP contribution is -2.50. The topological polar surface area (TPSA) is 101 Å². The van der Waals surface area contributed by atoms with Crippen molar-refractivity contribution in [3.8, 4) is 5.75 Å². The molecule has 1 aliphatic heterocycles. The van der Waals surface area contributed by atoms with Crippen LogP contribution in [0.1, 0.15) is 36.8 Å². The van der Waals surface area contributed by atoms with Crippen LogP contribution in [0.5, 0.6) is 5.75 Å². The second kappa shape index (κ2) is 12.9. The highest BCUT2D eigenvalue weighted by Gasteiger charge is 2.33. The first-order valence-corrected chi connectivity index (χ1v) is 12.7. The van der Waals surface area contributed by atoms with Crippen LogP contribution in [0.15, 0.2) is 54.7 Å². The molecule has 3 aromatic rings. The molecule has 2 aromatic carbocycles. The van der Waals surface area contributed by atoms with Gasteiger partial charge in [0.05, 0.1) is 49.8 Å². The number of methoxy groups -OCH3 is 1. The average Bonchev–Trinajstić information content (AvgIpc) is 2.93. The quantitative estimate of drug-likeness (QED) is 0.346. The van der Waals surface area contributed by atoms with E-state index >= 15 is 0 Å². The number of hydrogen-bond acceptors (Lipinski definition) is 6. The maximum absolute atomic E-state index is 13.9. The lowest BCUT2D eigenvalue weighted by molar-refractivity contribution is -0.124. The normalized spacial score (nSPS) is 20.5. The van der Waals surface area contributed by atoms with Crippen LogP contribution in [-0.4, -0.2) is 59.2 Å². The van der Waals surface area contributed by atoms with E-state index in [0.717, 1.165) is 53.6 Å². The summed E-state index contributed by atoms with van der Waals surface area (Å²) in [4.78, 5) is 17.0. The molecule has 202 valence electrons. The van der Waals surface area contributed by atoms with E-state index in [1.807, 2.05) is 18.2 Å². The summed E-state index contributed by atoms with van der Waals surface area (Å²) >= 11 is 0. The highest BCUT2D eigenvalue weighted by molar-refractivity contribution is 5.92. The zero-order valence-corrected chi connectivity index (χ0v) is 21.1. The Morgan fingerprint density at radius 1 is 1.26 bits per heavy atom. The van der Waals surface area contributed by atoms with Crippen molar-refractivity contribution < 1.29 is 33.3 Å². The summed E-state index contributed by atoms with van der Waals surface area (Å²) in [6.45, 7) is -0.422. The van der Waals surface area contributed by atoms with Gasteiger partial charge in [0, 0.05) is 23.4 Å². The van der Waals surface area contributed by atoms with Gasteiger partial charge in [0.2, 0.25) is 5.91 Å². The van der Waals surface area contributed by atoms with Gasteiger partial charge in [0.25, 0.3) is 0 Å². The Hall–Kier alpha value is -3.40. The number of aryl methyl sites for hydroxylation is 1. The molecular formula is C29H32F2N2O5. The van der Waals surface area contributed by atoms with Crippen LogP contribution in [-0.2, 0) is 16.0 Å². The molecule has 1 aliphatic rings. The molecule has 2 heterocycles. The number of pyridine rings is 1. The van der Waals surface area contributed by atoms with Crippen LogP contribution < -0.4 is 10.1 Å². The minimum atomic E-state index is -0.994.